The Morgan fingerprint density at radius 3 is 2.17 bits per heavy atom. The van der Waals surface area contributed by atoms with Gasteiger partial charge in [0.15, 0.2) is 0 Å². The van der Waals surface area contributed by atoms with Crippen molar-refractivity contribution in [2.45, 2.75) is 6.42 Å². The molecule has 0 rings (SSSR count). The maximum Gasteiger partial charge on any atom is 0.0635 e. The van der Waals surface area contributed by atoms with E-state index in [1.165, 1.54) is 0 Å². The van der Waals surface area contributed by atoms with Gasteiger partial charge < -0.3 is 5.73 Å². The molecule has 6 heavy (non-hydrogen) atoms. The van der Waals surface area contributed by atoms with Gasteiger partial charge in [-0.05, 0) is 0 Å². The molecule has 0 aliphatic rings. The fourth-order valence-corrected chi connectivity index (χ4v) is 0.0645. The van der Waals surface area contributed by atoms with Crippen LogP contribution in [0.15, 0.2) is 0 Å². The van der Waals surface area contributed by atoms with Crippen LogP contribution in [-0.4, -0.2) is 6.54 Å². The van der Waals surface area contributed by atoms with Gasteiger partial charge in [-0.25, -0.2) is 0 Å². The summed E-state index contributed by atoms with van der Waals surface area (Å²) in [4.78, 5) is 0. The second-order valence-corrected chi connectivity index (χ2v) is 0.697. The molecule has 36 valence electrons. The van der Waals surface area contributed by atoms with E-state index in [0.29, 0.717) is 13.0 Å². The van der Waals surface area contributed by atoms with Crippen LogP contribution >= 0.6 is 12.4 Å². The van der Waals surface area contributed by atoms with Crippen LogP contribution < -0.4 is 5.73 Å². The lowest BCUT2D eigenvalue weighted by Crippen LogP contribution is -1.94. The number of nitrogens with zero attached hydrogens (tertiary/aromatic N) is 1. The summed E-state index contributed by atoms with van der Waals surface area (Å²) in [5, 5.41) is 7.74. The molecule has 2 N–H and O–H groups in total. The highest BCUT2D eigenvalue weighted by atomic mass is 35.5. The van der Waals surface area contributed by atoms with Gasteiger partial charge in [0.05, 0.1) is 6.07 Å². The first-order valence-electron chi connectivity index (χ1n) is 1.49. The SMILES string of the molecule is Cl.N#CCC[15NH2]. The van der Waals surface area contributed by atoms with Crippen molar-refractivity contribution >= 4 is 12.4 Å². The topological polar surface area (TPSA) is 49.8 Å². The Bertz CT molecular complexity index is 47.2. The number of rotatable bonds is 1. The van der Waals surface area contributed by atoms with E-state index in [4.69, 9.17) is 11.0 Å². The first kappa shape index (κ1) is 9.22. The summed E-state index contributed by atoms with van der Waals surface area (Å²) in [5.74, 6) is 0. The minimum atomic E-state index is 0. The monoisotopic (exact) mass is 107 g/mol. The first-order chi connectivity index (χ1) is 2.41. The smallest absolute Gasteiger partial charge is 0.0635 e. The molecule has 0 radical (unpaired) electrons. The zero-order valence-corrected chi connectivity index (χ0v) is 4.16. The van der Waals surface area contributed by atoms with Crippen LogP contribution in [0.2, 0.25) is 0 Å². The van der Waals surface area contributed by atoms with Crippen LogP contribution in [0.1, 0.15) is 6.42 Å². The minimum Gasteiger partial charge on any atom is -0.329 e. The van der Waals surface area contributed by atoms with Crippen molar-refractivity contribution in [1.82, 2.24) is 0 Å². The Morgan fingerprint density at radius 1 is 1.67 bits per heavy atom. The largest absolute Gasteiger partial charge is 0.329 e. The van der Waals surface area contributed by atoms with Gasteiger partial charge in [-0.1, -0.05) is 0 Å². The molecule has 0 saturated carbocycles. The van der Waals surface area contributed by atoms with Crippen molar-refractivity contribution in [1.29, 1.82) is 5.26 Å². The van der Waals surface area contributed by atoms with Crippen LogP contribution in [-0.2, 0) is 0 Å². The average molecular weight is 108 g/mol. The van der Waals surface area contributed by atoms with Crippen molar-refractivity contribution in [3.05, 3.63) is 0 Å². The third-order valence-corrected chi connectivity index (χ3v) is 0.256. The fraction of sp³-hybridized carbons (Fsp3) is 0.667. The number of nitriles is 1. The summed E-state index contributed by atoms with van der Waals surface area (Å²) in [6.07, 6.45) is 0.472. The summed E-state index contributed by atoms with van der Waals surface area (Å²) in [6.45, 7) is 0.483. The maximum absolute atomic E-state index is 7.74. The summed E-state index contributed by atoms with van der Waals surface area (Å²) in [7, 11) is 0. The number of hydrogen-bond acceptors (Lipinski definition) is 2. The third-order valence-electron chi connectivity index (χ3n) is 0.256. The van der Waals surface area contributed by atoms with Gasteiger partial charge in [-0.2, -0.15) is 5.26 Å². The molecular weight excluding hydrogens is 100 g/mol. The number of hydrogen-bond donors (Lipinski definition) is 1. The van der Waals surface area contributed by atoms with Gasteiger partial charge in [0, 0.05) is 13.0 Å². The van der Waals surface area contributed by atoms with E-state index in [9.17, 15) is 0 Å². The first-order valence-corrected chi connectivity index (χ1v) is 1.49. The quantitative estimate of drug-likeness (QED) is 0.490. The normalized spacial score (nSPS) is 5.33. The molecule has 0 aliphatic heterocycles. The van der Waals surface area contributed by atoms with Gasteiger partial charge in [-0.15, -0.1) is 12.4 Å². The molecule has 0 atom stereocenters. The van der Waals surface area contributed by atoms with E-state index >= 15 is 0 Å². The molecular formula is C3H7ClN2. The standard InChI is InChI=1S/C3H6N2.ClH/c4-2-1-3-5;/h1-2,4H2;1H/i4+1;. The second-order valence-electron chi connectivity index (χ2n) is 0.697. The molecule has 0 aromatic rings. The molecule has 0 aromatic carbocycles. The van der Waals surface area contributed by atoms with Gasteiger partial charge in [0.2, 0.25) is 0 Å². The van der Waals surface area contributed by atoms with Crippen LogP contribution in [0.5, 0.6) is 0 Å². The van der Waals surface area contributed by atoms with Gasteiger partial charge in [-0.3, -0.25) is 0 Å². The van der Waals surface area contributed by atoms with Crippen molar-refractivity contribution in [3.63, 3.8) is 0 Å². The van der Waals surface area contributed by atoms with E-state index in [1.807, 2.05) is 6.07 Å². The van der Waals surface area contributed by atoms with E-state index in [2.05, 4.69) is 0 Å². The molecule has 0 saturated heterocycles. The minimum absolute atomic E-state index is 0. The van der Waals surface area contributed by atoms with Crippen LogP contribution in [0.4, 0.5) is 0 Å². The van der Waals surface area contributed by atoms with E-state index in [0.717, 1.165) is 0 Å². The lowest BCUT2D eigenvalue weighted by atomic mass is 10.5. The van der Waals surface area contributed by atoms with Crippen LogP contribution in [0, 0.1) is 11.3 Å². The van der Waals surface area contributed by atoms with Gasteiger partial charge >= 0.3 is 0 Å². The van der Waals surface area contributed by atoms with Gasteiger partial charge in [0.25, 0.3) is 0 Å². The Kier molecular flexibility index (Phi) is 13.6. The molecule has 0 unspecified atom stereocenters. The van der Waals surface area contributed by atoms with E-state index in [-0.39, 0.29) is 12.4 Å². The molecule has 0 amide bonds. The van der Waals surface area contributed by atoms with E-state index < -0.39 is 0 Å². The van der Waals surface area contributed by atoms with Crippen LogP contribution in [0.3, 0.4) is 0 Å². The highest BCUT2D eigenvalue weighted by molar-refractivity contribution is 5.85. The molecule has 2 nitrogen and oxygen atoms in total. The van der Waals surface area contributed by atoms with E-state index in [1.54, 1.807) is 0 Å². The zero-order valence-electron chi connectivity index (χ0n) is 3.35. The number of halogens is 1. The molecule has 0 heterocycles. The molecule has 0 spiro atoms. The van der Waals surface area contributed by atoms with Crippen molar-refractivity contribution in [2.24, 2.45) is 5.73 Å². The highest BCUT2D eigenvalue weighted by Crippen LogP contribution is 1.59. The Labute approximate surface area is 43.4 Å². The molecule has 0 aliphatic carbocycles. The Balaban J connectivity index is 0. The lowest BCUT2D eigenvalue weighted by molar-refractivity contribution is 1.02. The summed E-state index contributed by atoms with van der Waals surface area (Å²) in [5.41, 5.74) is 4.92. The second kappa shape index (κ2) is 8.83. The Hall–Kier alpha value is -0.260. The predicted octanol–water partition coefficient (Wildman–Crippen LogP) is 0.281. The maximum atomic E-state index is 7.74. The Morgan fingerprint density at radius 2 is 2.17 bits per heavy atom. The van der Waals surface area contributed by atoms with Crippen molar-refractivity contribution in [2.75, 3.05) is 6.54 Å². The molecule has 0 aromatic heterocycles. The third kappa shape index (κ3) is 9.27. The predicted molar refractivity (Wildman–Crippen MR) is 26.5 cm³/mol. The van der Waals surface area contributed by atoms with Gasteiger partial charge in [0.1, 0.15) is 0 Å². The highest BCUT2D eigenvalue weighted by Gasteiger charge is 1.65. The lowest BCUT2D eigenvalue weighted by Gasteiger charge is -1.68. The fourth-order valence-electron chi connectivity index (χ4n) is 0.0645. The summed E-state index contributed by atoms with van der Waals surface area (Å²) < 4.78 is 0. The average Bonchev–Trinajstić information content (AvgIpc) is 1.41. The molecule has 3 heteroatoms. The van der Waals surface area contributed by atoms with Crippen molar-refractivity contribution in [3.8, 4) is 6.07 Å². The van der Waals surface area contributed by atoms with Crippen LogP contribution in [0.25, 0.3) is 0 Å². The summed E-state index contributed by atoms with van der Waals surface area (Å²) in [6, 6.07) is 1.89. The molecule has 0 bridgehead atoms. The summed E-state index contributed by atoms with van der Waals surface area (Å²) >= 11 is 0. The van der Waals surface area contributed by atoms with Crippen molar-refractivity contribution < 1.29 is 0 Å². The molecule has 0 fully saturated rings. The zero-order chi connectivity index (χ0) is 4.12. The number of nitrogens with two attached hydrogens (primary N) is 1.